The van der Waals surface area contributed by atoms with Crippen molar-refractivity contribution < 1.29 is 4.79 Å². The highest BCUT2D eigenvalue weighted by atomic mass is 35.5. The summed E-state index contributed by atoms with van der Waals surface area (Å²) in [5.74, 6) is 0.599. The van der Waals surface area contributed by atoms with Gasteiger partial charge in [0.1, 0.15) is 11.0 Å². The number of amides is 1. The molecule has 0 radical (unpaired) electrons. The zero-order chi connectivity index (χ0) is 15.4. The molecule has 0 fully saturated rings. The quantitative estimate of drug-likeness (QED) is 0.882. The molecular formula is C15H17ClN4O. The van der Waals surface area contributed by atoms with Gasteiger partial charge in [-0.25, -0.2) is 9.97 Å². The Balaban J connectivity index is 2.15. The highest BCUT2D eigenvalue weighted by Gasteiger charge is 2.09. The van der Waals surface area contributed by atoms with Crippen LogP contribution in [0.4, 0.5) is 11.5 Å². The minimum Gasteiger partial charge on any atom is -0.363 e. The van der Waals surface area contributed by atoms with Crippen LogP contribution in [-0.2, 0) is 6.42 Å². The molecular weight excluding hydrogens is 288 g/mol. The van der Waals surface area contributed by atoms with Crippen LogP contribution in [0, 0.1) is 0 Å². The second-order valence-corrected chi connectivity index (χ2v) is 5.16. The Hall–Kier alpha value is -2.14. The van der Waals surface area contributed by atoms with Gasteiger partial charge in [0.05, 0.1) is 11.9 Å². The van der Waals surface area contributed by atoms with Gasteiger partial charge >= 0.3 is 0 Å². The fourth-order valence-electron chi connectivity index (χ4n) is 1.79. The van der Waals surface area contributed by atoms with Crippen molar-refractivity contribution >= 4 is 29.0 Å². The lowest BCUT2D eigenvalue weighted by Gasteiger charge is -2.12. The molecule has 1 amide bonds. The average molecular weight is 305 g/mol. The number of rotatable bonds is 4. The molecule has 0 saturated heterocycles. The van der Waals surface area contributed by atoms with Crippen LogP contribution in [0.15, 0.2) is 30.5 Å². The van der Waals surface area contributed by atoms with Crippen molar-refractivity contribution in [2.75, 3.05) is 24.3 Å². The summed E-state index contributed by atoms with van der Waals surface area (Å²) in [6, 6.07) is 6.94. The van der Waals surface area contributed by atoms with Gasteiger partial charge in [0.2, 0.25) is 0 Å². The molecule has 1 N–H and O–H groups in total. The average Bonchev–Trinajstić information content (AvgIpc) is 2.47. The third-order valence-electron chi connectivity index (χ3n) is 2.94. The maximum absolute atomic E-state index is 12.2. The third kappa shape index (κ3) is 3.92. The van der Waals surface area contributed by atoms with Crippen molar-refractivity contribution in [2.45, 2.75) is 13.3 Å². The van der Waals surface area contributed by atoms with Crippen LogP contribution in [0.25, 0.3) is 0 Å². The summed E-state index contributed by atoms with van der Waals surface area (Å²) in [6.07, 6.45) is 2.34. The van der Waals surface area contributed by atoms with Gasteiger partial charge in [-0.2, -0.15) is 0 Å². The van der Waals surface area contributed by atoms with Crippen LogP contribution in [-0.4, -0.2) is 30.0 Å². The van der Waals surface area contributed by atoms with Crippen molar-refractivity contribution in [2.24, 2.45) is 0 Å². The van der Waals surface area contributed by atoms with Gasteiger partial charge in [0.15, 0.2) is 0 Å². The number of halogens is 1. The summed E-state index contributed by atoms with van der Waals surface area (Å²) in [5, 5.41) is 3.12. The van der Waals surface area contributed by atoms with E-state index >= 15 is 0 Å². The number of anilines is 2. The van der Waals surface area contributed by atoms with Gasteiger partial charge in [-0.15, -0.1) is 0 Å². The van der Waals surface area contributed by atoms with E-state index in [4.69, 9.17) is 11.6 Å². The predicted molar refractivity (Wildman–Crippen MR) is 85.1 cm³/mol. The van der Waals surface area contributed by atoms with E-state index in [9.17, 15) is 4.79 Å². The number of pyridine rings is 2. The van der Waals surface area contributed by atoms with Gasteiger partial charge in [0.25, 0.3) is 5.91 Å². The Kier molecular flexibility index (Phi) is 4.75. The van der Waals surface area contributed by atoms with Crippen molar-refractivity contribution in [1.82, 2.24) is 9.97 Å². The number of aromatic nitrogens is 2. The van der Waals surface area contributed by atoms with Gasteiger partial charge in [-0.3, -0.25) is 4.79 Å². The summed E-state index contributed by atoms with van der Waals surface area (Å²) in [4.78, 5) is 22.5. The Morgan fingerprint density at radius 2 is 2.10 bits per heavy atom. The second kappa shape index (κ2) is 6.54. The minimum absolute atomic E-state index is 0.228. The standard InChI is InChI=1S/C15H17ClN4O/c1-4-11-7-10(8-13(16)18-11)15(21)19-12-5-6-14(17-9-12)20(2)3/h5-9H,4H2,1-3H3,(H,19,21). The van der Waals surface area contributed by atoms with Gasteiger partial charge < -0.3 is 10.2 Å². The van der Waals surface area contributed by atoms with E-state index in [0.29, 0.717) is 16.4 Å². The number of carbonyl (C=O) groups is 1. The molecule has 0 aromatic carbocycles. The molecule has 2 aromatic heterocycles. The Bertz CT molecular complexity index is 641. The number of nitrogens with zero attached hydrogens (tertiary/aromatic N) is 3. The molecule has 2 rings (SSSR count). The number of aryl methyl sites for hydroxylation is 1. The first-order chi connectivity index (χ1) is 9.99. The largest absolute Gasteiger partial charge is 0.363 e. The molecule has 6 heteroatoms. The lowest BCUT2D eigenvalue weighted by molar-refractivity contribution is 0.102. The molecule has 0 aliphatic rings. The van der Waals surface area contributed by atoms with E-state index in [2.05, 4.69) is 15.3 Å². The van der Waals surface area contributed by atoms with Crippen molar-refractivity contribution in [3.63, 3.8) is 0 Å². The number of hydrogen-bond donors (Lipinski definition) is 1. The van der Waals surface area contributed by atoms with Gasteiger partial charge in [0, 0.05) is 25.4 Å². The molecule has 2 aromatic rings. The first-order valence-electron chi connectivity index (χ1n) is 6.60. The third-order valence-corrected chi connectivity index (χ3v) is 3.13. The van der Waals surface area contributed by atoms with Crippen molar-refractivity contribution in [1.29, 1.82) is 0 Å². The van der Waals surface area contributed by atoms with E-state index < -0.39 is 0 Å². The molecule has 0 aliphatic heterocycles. The topological polar surface area (TPSA) is 58.1 Å². The van der Waals surface area contributed by atoms with Crippen molar-refractivity contribution in [3.8, 4) is 0 Å². The Labute approximate surface area is 129 Å². The van der Waals surface area contributed by atoms with Crippen LogP contribution in [0.2, 0.25) is 5.15 Å². The summed E-state index contributed by atoms with van der Waals surface area (Å²) in [7, 11) is 3.82. The van der Waals surface area contributed by atoms with Crippen LogP contribution in [0.1, 0.15) is 23.0 Å². The Morgan fingerprint density at radius 1 is 1.33 bits per heavy atom. The van der Waals surface area contributed by atoms with Crippen LogP contribution >= 0.6 is 11.6 Å². The van der Waals surface area contributed by atoms with Gasteiger partial charge in [-0.05, 0) is 30.7 Å². The predicted octanol–water partition coefficient (Wildman–Crippen LogP) is 3.01. The summed E-state index contributed by atoms with van der Waals surface area (Å²) >= 11 is 5.92. The number of hydrogen-bond acceptors (Lipinski definition) is 4. The Morgan fingerprint density at radius 3 is 2.67 bits per heavy atom. The fourth-order valence-corrected chi connectivity index (χ4v) is 2.02. The van der Waals surface area contributed by atoms with E-state index in [1.165, 1.54) is 0 Å². The highest BCUT2D eigenvalue weighted by molar-refractivity contribution is 6.29. The van der Waals surface area contributed by atoms with Crippen LogP contribution < -0.4 is 10.2 Å². The minimum atomic E-state index is -0.228. The first-order valence-corrected chi connectivity index (χ1v) is 6.98. The lowest BCUT2D eigenvalue weighted by Crippen LogP contribution is -2.14. The molecule has 0 spiro atoms. The lowest BCUT2D eigenvalue weighted by atomic mass is 10.2. The number of nitrogens with one attached hydrogen (secondary N) is 1. The van der Waals surface area contributed by atoms with E-state index in [0.717, 1.165) is 17.9 Å². The smallest absolute Gasteiger partial charge is 0.255 e. The monoisotopic (exact) mass is 304 g/mol. The van der Waals surface area contributed by atoms with Crippen molar-refractivity contribution in [3.05, 3.63) is 46.9 Å². The zero-order valence-electron chi connectivity index (χ0n) is 12.2. The molecule has 2 heterocycles. The summed E-state index contributed by atoms with van der Waals surface area (Å²) in [6.45, 7) is 1.96. The molecule has 0 aliphatic carbocycles. The normalized spacial score (nSPS) is 10.3. The van der Waals surface area contributed by atoms with E-state index in [1.54, 1.807) is 18.3 Å². The summed E-state index contributed by atoms with van der Waals surface area (Å²) < 4.78 is 0. The maximum Gasteiger partial charge on any atom is 0.255 e. The van der Waals surface area contributed by atoms with Crippen LogP contribution in [0.5, 0.6) is 0 Å². The summed E-state index contributed by atoms with van der Waals surface area (Å²) in [5.41, 5.74) is 1.91. The highest BCUT2D eigenvalue weighted by Crippen LogP contribution is 2.15. The molecule has 0 unspecified atom stereocenters. The molecule has 0 saturated carbocycles. The van der Waals surface area contributed by atoms with E-state index in [-0.39, 0.29) is 5.91 Å². The molecule has 21 heavy (non-hydrogen) atoms. The molecule has 5 nitrogen and oxygen atoms in total. The number of carbonyl (C=O) groups excluding carboxylic acids is 1. The molecule has 0 atom stereocenters. The van der Waals surface area contributed by atoms with Crippen LogP contribution in [0.3, 0.4) is 0 Å². The first kappa shape index (κ1) is 15.3. The molecule has 0 bridgehead atoms. The maximum atomic E-state index is 12.2. The SMILES string of the molecule is CCc1cc(C(=O)Nc2ccc(N(C)C)nc2)cc(Cl)n1. The fraction of sp³-hybridized carbons (Fsp3) is 0.267. The molecule has 110 valence electrons. The second-order valence-electron chi connectivity index (χ2n) is 4.78. The zero-order valence-corrected chi connectivity index (χ0v) is 13.0. The van der Waals surface area contributed by atoms with E-state index in [1.807, 2.05) is 38.1 Å². The van der Waals surface area contributed by atoms with Gasteiger partial charge in [-0.1, -0.05) is 18.5 Å².